The third-order valence-electron chi connectivity index (χ3n) is 3.08. The van der Waals surface area contributed by atoms with Crippen molar-refractivity contribution in [1.29, 1.82) is 0 Å². The van der Waals surface area contributed by atoms with Crippen LogP contribution >= 0.6 is 47.3 Å². The zero-order valence-corrected chi connectivity index (χ0v) is 17.7. The van der Waals surface area contributed by atoms with Gasteiger partial charge in [0.25, 0.3) is 0 Å². The first-order valence-corrected chi connectivity index (χ1v) is 8.79. The molecule has 0 saturated carbocycles. The molecule has 0 aliphatic rings. The largest absolute Gasteiger partial charge is 0.356 e. The van der Waals surface area contributed by atoms with Crippen molar-refractivity contribution in [3.63, 3.8) is 0 Å². The van der Waals surface area contributed by atoms with E-state index in [-0.39, 0.29) is 24.0 Å². The van der Waals surface area contributed by atoms with E-state index in [0.29, 0.717) is 6.54 Å². The number of nitrogens with zero attached hydrogens (tertiary/aromatic N) is 2. The van der Waals surface area contributed by atoms with E-state index >= 15 is 0 Å². The zero-order valence-electron chi connectivity index (χ0n) is 13.8. The number of aryl methyl sites for hydroxylation is 1. The summed E-state index contributed by atoms with van der Waals surface area (Å²) in [5.41, 5.74) is 2.02. The van der Waals surface area contributed by atoms with E-state index in [1.165, 1.54) is 4.90 Å². The molecule has 1 aromatic carbocycles. The van der Waals surface area contributed by atoms with Crippen molar-refractivity contribution in [2.75, 3.05) is 19.3 Å². The lowest BCUT2D eigenvalue weighted by molar-refractivity contribution is 0.809. The Morgan fingerprint density at radius 3 is 2.58 bits per heavy atom. The van der Waals surface area contributed by atoms with Crippen LogP contribution < -0.4 is 10.6 Å². The van der Waals surface area contributed by atoms with Gasteiger partial charge < -0.3 is 10.6 Å². The molecule has 0 unspecified atom stereocenters. The van der Waals surface area contributed by atoms with Crippen molar-refractivity contribution >= 4 is 53.3 Å². The molecule has 0 saturated heterocycles. The van der Waals surface area contributed by atoms with Crippen LogP contribution in [0.5, 0.6) is 0 Å². The van der Waals surface area contributed by atoms with Crippen molar-refractivity contribution < 1.29 is 0 Å². The molecule has 2 aromatic rings. The SMILES string of the molecule is CN=C(NCCSc1ccc(Cl)cc1)NCc1cccc(C)n1.I. The van der Waals surface area contributed by atoms with Crippen molar-refractivity contribution in [3.05, 3.63) is 58.9 Å². The molecular weight excluding hydrogens is 455 g/mol. The molecule has 4 nitrogen and oxygen atoms in total. The van der Waals surface area contributed by atoms with Gasteiger partial charge in [-0.15, -0.1) is 35.7 Å². The van der Waals surface area contributed by atoms with E-state index in [4.69, 9.17) is 11.6 Å². The zero-order chi connectivity index (χ0) is 16.5. The van der Waals surface area contributed by atoms with Gasteiger partial charge >= 0.3 is 0 Å². The average molecular weight is 477 g/mol. The Hall–Kier alpha value is -0.990. The number of nitrogens with one attached hydrogen (secondary N) is 2. The first-order chi connectivity index (χ1) is 11.2. The van der Waals surface area contributed by atoms with Gasteiger partial charge in [0.1, 0.15) is 0 Å². The van der Waals surface area contributed by atoms with E-state index in [1.807, 2.05) is 49.4 Å². The van der Waals surface area contributed by atoms with Gasteiger partial charge in [0.05, 0.1) is 12.2 Å². The second-order valence-corrected chi connectivity index (χ2v) is 6.53. The fourth-order valence-corrected chi connectivity index (χ4v) is 2.86. The summed E-state index contributed by atoms with van der Waals surface area (Å²) in [5, 5.41) is 7.33. The summed E-state index contributed by atoms with van der Waals surface area (Å²) in [6, 6.07) is 13.9. The highest BCUT2D eigenvalue weighted by molar-refractivity contribution is 14.0. The van der Waals surface area contributed by atoms with Gasteiger partial charge in [-0.2, -0.15) is 0 Å². The Morgan fingerprint density at radius 1 is 1.17 bits per heavy atom. The molecule has 0 aliphatic carbocycles. The van der Waals surface area contributed by atoms with Crippen LogP contribution in [0.15, 0.2) is 52.4 Å². The van der Waals surface area contributed by atoms with Crippen LogP contribution in [-0.2, 0) is 6.54 Å². The number of thioether (sulfide) groups is 1. The lowest BCUT2D eigenvalue weighted by Gasteiger charge is -2.11. The summed E-state index contributed by atoms with van der Waals surface area (Å²) in [5.74, 6) is 1.73. The predicted molar refractivity (Wildman–Crippen MR) is 115 cm³/mol. The minimum atomic E-state index is 0. The maximum Gasteiger partial charge on any atom is 0.191 e. The van der Waals surface area contributed by atoms with Crippen LogP contribution in [0.3, 0.4) is 0 Å². The summed E-state index contributed by atoms with van der Waals surface area (Å²) in [6.45, 7) is 3.48. The standard InChI is InChI=1S/C17H21ClN4S.HI/c1-13-4-3-5-15(22-13)12-21-17(19-2)20-10-11-23-16-8-6-14(18)7-9-16;/h3-9H,10-12H2,1-2H3,(H2,19,20,21);1H. The van der Waals surface area contributed by atoms with Gasteiger partial charge in [-0.25, -0.2) is 0 Å². The third-order valence-corrected chi connectivity index (χ3v) is 4.35. The normalized spacial score (nSPS) is 10.9. The first-order valence-electron chi connectivity index (χ1n) is 7.43. The monoisotopic (exact) mass is 476 g/mol. The molecule has 1 heterocycles. The maximum absolute atomic E-state index is 5.88. The Morgan fingerprint density at radius 2 is 1.92 bits per heavy atom. The van der Waals surface area contributed by atoms with Gasteiger partial charge in [-0.1, -0.05) is 17.7 Å². The molecule has 7 heteroatoms. The summed E-state index contributed by atoms with van der Waals surface area (Å²) in [6.07, 6.45) is 0. The molecule has 130 valence electrons. The first kappa shape index (κ1) is 21.1. The summed E-state index contributed by atoms with van der Waals surface area (Å²) >= 11 is 7.66. The molecule has 0 fully saturated rings. The molecule has 2 rings (SSSR count). The van der Waals surface area contributed by atoms with Crippen LogP contribution in [0.4, 0.5) is 0 Å². The van der Waals surface area contributed by atoms with Crippen LogP contribution in [0, 0.1) is 6.92 Å². The van der Waals surface area contributed by atoms with Gasteiger partial charge in [0.2, 0.25) is 0 Å². The molecule has 0 aliphatic heterocycles. The lowest BCUT2D eigenvalue weighted by Crippen LogP contribution is -2.38. The highest BCUT2D eigenvalue weighted by Crippen LogP contribution is 2.19. The number of rotatable bonds is 6. The number of halogens is 2. The molecule has 0 bridgehead atoms. The second-order valence-electron chi connectivity index (χ2n) is 4.93. The Bertz CT molecular complexity index is 649. The van der Waals surface area contributed by atoms with Gasteiger partial charge in [-0.3, -0.25) is 9.98 Å². The minimum Gasteiger partial charge on any atom is -0.356 e. The summed E-state index contributed by atoms with van der Waals surface area (Å²) < 4.78 is 0. The van der Waals surface area contributed by atoms with E-state index < -0.39 is 0 Å². The molecule has 0 amide bonds. The molecule has 0 radical (unpaired) electrons. The van der Waals surface area contributed by atoms with Crippen molar-refractivity contribution in [2.24, 2.45) is 4.99 Å². The topological polar surface area (TPSA) is 49.3 Å². The number of pyridine rings is 1. The summed E-state index contributed by atoms with van der Waals surface area (Å²) in [7, 11) is 1.77. The lowest BCUT2D eigenvalue weighted by atomic mass is 10.3. The van der Waals surface area contributed by atoms with Crippen molar-refractivity contribution in [1.82, 2.24) is 15.6 Å². The highest BCUT2D eigenvalue weighted by Gasteiger charge is 2.00. The number of aromatic nitrogens is 1. The average Bonchev–Trinajstić information content (AvgIpc) is 2.56. The molecular formula is C17H22ClIN4S. The van der Waals surface area contributed by atoms with Crippen LogP contribution in [-0.4, -0.2) is 30.3 Å². The van der Waals surface area contributed by atoms with Crippen LogP contribution in [0.1, 0.15) is 11.4 Å². The molecule has 24 heavy (non-hydrogen) atoms. The van der Waals surface area contributed by atoms with E-state index in [0.717, 1.165) is 34.7 Å². The molecule has 0 atom stereocenters. The Balaban J connectivity index is 0.00000288. The van der Waals surface area contributed by atoms with Crippen LogP contribution in [0.2, 0.25) is 5.02 Å². The highest BCUT2D eigenvalue weighted by atomic mass is 127. The van der Waals surface area contributed by atoms with Gasteiger partial charge in [0, 0.05) is 35.0 Å². The number of benzene rings is 1. The minimum absolute atomic E-state index is 0. The van der Waals surface area contributed by atoms with E-state index in [1.54, 1.807) is 18.8 Å². The molecule has 0 spiro atoms. The van der Waals surface area contributed by atoms with Crippen molar-refractivity contribution in [3.8, 4) is 0 Å². The maximum atomic E-state index is 5.88. The Kier molecular flexibility index (Phi) is 10.1. The number of hydrogen-bond acceptors (Lipinski definition) is 3. The third kappa shape index (κ3) is 7.72. The van der Waals surface area contributed by atoms with Gasteiger partial charge in [0.15, 0.2) is 5.96 Å². The van der Waals surface area contributed by atoms with E-state index in [9.17, 15) is 0 Å². The summed E-state index contributed by atoms with van der Waals surface area (Å²) in [4.78, 5) is 9.90. The fourth-order valence-electron chi connectivity index (χ4n) is 1.96. The second kappa shape index (κ2) is 11.5. The van der Waals surface area contributed by atoms with Crippen molar-refractivity contribution in [2.45, 2.75) is 18.4 Å². The molecule has 1 aromatic heterocycles. The predicted octanol–water partition coefficient (Wildman–Crippen LogP) is 4.12. The Labute approximate surface area is 169 Å². The quantitative estimate of drug-likeness (QED) is 0.216. The fraction of sp³-hybridized carbons (Fsp3) is 0.294. The smallest absolute Gasteiger partial charge is 0.191 e. The number of aliphatic imine (C=N–C) groups is 1. The van der Waals surface area contributed by atoms with Gasteiger partial charge in [-0.05, 0) is 43.3 Å². The molecule has 2 N–H and O–H groups in total. The number of hydrogen-bond donors (Lipinski definition) is 2. The number of guanidine groups is 1. The van der Waals surface area contributed by atoms with Crippen LogP contribution in [0.25, 0.3) is 0 Å². The van der Waals surface area contributed by atoms with E-state index in [2.05, 4.69) is 20.6 Å².